The molecule has 1 aromatic rings. The molecule has 0 heterocycles. The molecule has 0 fully saturated rings. The van der Waals surface area contributed by atoms with Crippen LogP contribution in [0.5, 0.6) is 0 Å². The SMILES string of the molecule is O=S(=O)(CF)c1ccc(CBr)cc1. The number of halogens is 2. The third-order valence-electron chi connectivity index (χ3n) is 1.58. The maximum absolute atomic E-state index is 12.0. The van der Waals surface area contributed by atoms with Crippen LogP contribution in [0, 0.1) is 0 Å². The van der Waals surface area contributed by atoms with Crippen LogP contribution >= 0.6 is 15.9 Å². The van der Waals surface area contributed by atoms with Crippen LogP contribution < -0.4 is 0 Å². The van der Waals surface area contributed by atoms with Gasteiger partial charge in [0.1, 0.15) is 0 Å². The molecule has 72 valence electrons. The summed E-state index contributed by atoms with van der Waals surface area (Å²) in [5.74, 6) is 0. The second kappa shape index (κ2) is 4.19. The summed E-state index contributed by atoms with van der Waals surface area (Å²) in [6.07, 6.45) is 0. The Balaban J connectivity index is 3.06. The lowest BCUT2D eigenvalue weighted by atomic mass is 10.2. The van der Waals surface area contributed by atoms with Gasteiger partial charge in [-0.25, -0.2) is 12.8 Å². The van der Waals surface area contributed by atoms with Gasteiger partial charge in [-0.1, -0.05) is 28.1 Å². The van der Waals surface area contributed by atoms with Crippen LogP contribution in [0.2, 0.25) is 0 Å². The van der Waals surface area contributed by atoms with Gasteiger partial charge >= 0.3 is 0 Å². The lowest BCUT2D eigenvalue weighted by Gasteiger charge is -2.00. The smallest absolute Gasteiger partial charge is 0.207 e. The van der Waals surface area contributed by atoms with E-state index >= 15 is 0 Å². The van der Waals surface area contributed by atoms with E-state index in [1.165, 1.54) is 12.1 Å². The van der Waals surface area contributed by atoms with E-state index in [0.717, 1.165) is 5.56 Å². The van der Waals surface area contributed by atoms with Crippen LogP contribution in [-0.4, -0.2) is 14.4 Å². The monoisotopic (exact) mass is 266 g/mol. The van der Waals surface area contributed by atoms with Crippen molar-refractivity contribution in [1.82, 2.24) is 0 Å². The molecule has 0 unspecified atom stereocenters. The van der Waals surface area contributed by atoms with Gasteiger partial charge in [0.15, 0.2) is 6.01 Å². The third kappa shape index (κ3) is 2.51. The minimum atomic E-state index is -3.71. The first-order valence-corrected chi connectivity index (χ1v) is 6.31. The fourth-order valence-corrected chi connectivity index (χ4v) is 1.90. The number of hydrogen-bond donors (Lipinski definition) is 0. The van der Waals surface area contributed by atoms with E-state index in [1.54, 1.807) is 12.1 Å². The highest BCUT2D eigenvalue weighted by Crippen LogP contribution is 2.14. The Morgan fingerprint density at radius 3 is 2.15 bits per heavy atom. The van der Waals surface area contributed by atoms with Gasteiger partial charge in [0, 0.05) is 5.33 Å². The first kappa shape index (κ1) is 10.7. The maximum atomic E-state index is 12.0. The molecule has 1 aromatic carbocycles. The minimum absolute atomic E-state index is 0.0275. The summed E-state index contributed by atoms with van der Waals surface area (Å²) in [7, 11) is -3.71. The third-order valence-corrected chi connectivity index (χ3v) is 3.51. The standard InChI is InChI=1S/C8H8BrFO2S/c9-5-7-1-3-8(4-2-7)13(11,12)6-10/h1-4H,5-6H2. The van der Waals surface area contributed by atoms with Gasteiger partial charge in [0.25, 0.3) is 0 Å². The molecule has 0 N–H and O–H groups in total. The van der Waals surface area contributed by atoms with Crippen LogP contribution in [0.3, 0.4) is 0 Å². The zero-order valence-corrected chi connectivity index (χ0v) is 9.11. The molecule has 0 radical (unpaired) electrons. The topological polar surface area (TPSA) is 34.1 Å². The molecule has 0 aliphatic heterocycles. The lowest BCUT2D eigenvalue weighted by molar-refractivity contribution is 0.534. The highest BCUT2D eigenvalue weighted by atomic mass is 79.9. The van der Waals surface area contributed by atoms with Gasteiger partial charge in [-0.05, 0) is 17.7 Å². The molecule has 0 aliphatic carbocycles. The zero-order valence-electron chi connectivity index (χ0n) is 6.70. The second-order valence-electron chi connectivity index (χ2n) is 2.50. The zero-order chi connectivity index (χ0) is 9.90. The Morgan fingerprint density at radius 1 is 1.23 bits per heavy atom. The van der Waals surface area contributed by atoms with E-state index in [2.05, 4.69) is 15.9 Å². The van der Waals surface area contributed by atoms with Crippen LogP contribution in [0.15, 0.2) is 29.2 Å². The molecule has 0 saturated heterocycles. The quantitative estimate of drug-likeness (QED) is 0.787. The van der Waals surface area contributed by atoms with Gasteiger partial charge < -0.3 is 0 Å². The number of alkyl halides is 2. The largest absolute Gasteiger partial charge is 0.233 e. The van der Waals surface area contributed by atoms with E-state index in [-0.39, 0.29) is 4.90 Å². The van der Waals surface area contributed by atoms with Gasteiger partial charge in [-0.3, -0.25) is 0 Å². The fourth-order valence-electron chi connectivity index (χ4n) is 0.849. The summed E-state index contributed by atoms with van der Waals surface area (Å²) in [6.45, 7) is 0. The molecule has 13 heavy (non-hydrogen) atoms. The summed E-state index contributed by atoms with van der Waals surface area (Å²) in [5.41, 5.74) is 0.956. The molecule has 0 saturated carbocycles. The predicted octanol–water partition coefficient (Wildman–Crippen LogP) is 2.28. The molecule has 0 aliphatic rings. The average Bonchev–Trinajstić information content (AvgIpc) is 2.18. The Bertz CT molecular complexity index is 372. The maximum Gasteiger partial charge on any atom is 0.207 e. The number of rotatable bonds is 3. The van der Waals surface area contributed by atoms with Crippen molar-refractivity contribution in [2.75, 3.05) is 6.01 Å². The average molecular weight is 267 g/mol. The van der Waals surface area contributed by atoms with Crippen molar-refractivity contribution in [1.29, 1.82) is 0 Å². The predicted molar refractivity (Wildman–Crippen MR) is 52.2 cm³/mol. The van der Waals surface area contributed by atoms with Gasteiger partial charge in [0.05, 0.1) is 4.90 Å². The van der Waals surface area contributed by atoms with Crippen molar-refractivity contribution >= 4 is 25.8 Å². The van der Waals surface area contributed by atoms with Crippen molar-refractivity contribution in [3.05, 3.63) is 29.8 Å². The number of hydrogen-bond acceptors (Lipinski definition) is 2. The normalized spacial score (nSPS) is 11.5. The molecule has 0 aromatic heterocycles. The lowest BCUT2D eigenvalue weighted by Crippen LogP contribution is -2.02. The molecule has 0 atom stereocenters. The van der Waals surface area contributed by atoms with E-state index in [0.29, 0.717) is 5.33 Å². The molecular weight excluding hydrogens is 259 g/mol. The molecule has 1 rings (SSSR count). The molecule has 0 amide bonds. The Kier molecular flexibility index (Phi) is 3.44. The van der Waals surface area contributed by atoms with Crippen LogP contribution in [0.1, 0.15) is 5.56 Å². The highest BCUT2D eigenvalue weighted by molar-refractivity contribution is 9.08. The summed E-state index contributed by atoms with van der Waals surface area (Å²) in [6, 6.07) is 4.77. The van der Waals surface area contributed by atoms with Crippen molar-refractivity contribution in [2.24, 2.45) is 0 Å². The van der Waals surface area contributed by atoms with Crippen molar-refractivity contribution < 1.29 is 12.8 Å². The summed E-state index contributed by atoms with van der Waals surface area (Å²) in [5, 5.41) is 0.656. The summed E-state index contributed by atoms with van der Waals surface area (Å²) < 4.78 is 34.1. The fraction of sp³-hybridized carbons (Fsp3) is 0.250. The molecular formula is C8H8BrFO2S. The van der Waals surface area contributed by atoms with Crippen molar-refractivity contribution in [2.45, 2.75) is 10.2 Å². The first-order chi connectivity index (χ1) is 6.10. The van der Waals surface area contributed by atoms with E-state index in [9.17, 15) is 12.8 Å². The van der Waals surface area contributed by atoms with Gasteiger partial charge in [-0.15, -0.1) is 0 Å². The second-order valence-corrected chi connectivity index (χ2v) is 4.98. The van der Waals surface area contributed by atoms with E-state index < -0.39 is 15.8 Å². The van der Waals surface area contributed by atoms with Crippen molar-refractivity contribution in [3.63, 3.8) is 0 Å². The van der Waals surface area contributed by atoms with Crippen molar-refractivity contribution in [3.8, 4) is 0 Å². The van der Waals surface area contributed by atoms with Crippen LogP contribution in [0.25, 0.3) is 0 Å². The minimum Gasteiger partial charge on any atom is -0.233 e. The Hall–Kier alpha value is -0.420. The van der Waals surface area contributed by atoms with E-state index in [1.807, 2.05) is 0 Å². The van der Waals surface area contributed by atoms with Crippen LogP contribution in [0.4, 0.5) is 4.39 Å². The summed E-state index contributed by atoms with van der Waals surface area (Å²) >= 11 is 3.23. The van der Waals surface area contributed by atoms with Gasteiger partial charge in [0.2, 0.25) is 9.84 Å². The molecule has 5 heteroatoms. The van der Waals surface area contributed by atoms with Gasteiger partial charge in [-0.2, -0.15) is 0 Å². The Labute approximate surface area is 84.8 Å². The molecule has 0 spiro atoms. The Morgan fingerprint density at radius 2 is 1.77 bits per heavy atom. The molecule has 2 nitrogen and oxygen atoms in total. The first-order valence-electron chi connectivity index (χ1n) is 3.54. The van der Waals surface area contributed by atoms with Crippen LogP contribution in [-0.2, 0) is 15.2 Å². The number of benzene rings is 1. The summed E-state index contributed by atoms with van der Waals surface area (Å²) in [4.78, 5) is 0.0275. The number of sulfone groups is 1. The molecule has 0 bridgehead atoms. The highest BCUT2D eigenvalue weighted by Gasteiger charge is 2.12. The van der Waals surface area contributed by atoms with E-state index in [4.69, 9.17) is 0 Å².